The molecule has 1 aliphatic heterocycles. The lowest BCUT2D eigenvalue weighted by molar-refractivity contribution is -0.0794. The highest BCUT2D eigenvalue weighted by Gasteiger charge is 2.45. The van der Waals surface area contributed by atoms with E-state index in [9.17, 15) is 13.6 Å². The van der Waals surface area contributed by atoms with Gasteiger partial charge in [0.05, 0.1) is 17.7 Å². The standard InChI is InChI=1S/C24H25F2N3O2/c1-23(2)12-20(30)17-8-7-14(9-21(17)31-23)16-5-3-4-6-19-18(16)13-27-22(29-19)28-15-10-24(25,26)11-15/h5,7-9,13,15H,3-4,6,10-12H2,1-2H3,(H,27,28,29). The number of alkyl halides is 2. The Morgan fingerprint density at radius 1 is 1.19 bits per heavy atom. The van der Waals surface area contributed by atoms with Gasteiger partial charge in [-0.15, -0.1) is 0 Å². The number of hydrogen-bond acceptors (Lipinski definition) is 5. The van der Waals surface area contributed by atoms with Crippen molar-refractivity contribution in [2.75, 3.05) is 5.32 Å². The van der Waals surface area contributed by atoms with Crippen molar-refractivity contribution in [3.05, 3.63) is 52.9 Å². The Kier molecular flexibility index (Phi) is 4.61. The number of carbonyl (C=O) groups is 1. The Balaban J connectivity index is 1.45. The van der Waals surface area contributed by atoms with Gasteiger partial charge in [0.2, 0.25) is 5.95 Å². The van der Waals surface area contributed by atoms with Crippen LogP contribution in [0.15, 0.2) is 30.5 Å². The molecule has 0 atom stereocenters. The van der Waals surface area contributed by atoms with E-state index in [1.165, 1.54) is 0 Å². The van der Waals surface area contributed by atoms with Crippen molar-refractivity contribution in [2.45, 2.75) is 69.9 Å². The Labute approximate surface area is 179 Å². The largest absolute Gasteiger partial charge is 0.487 e. The molecule has 2 aromatic rings. The molecular weight excluding hydrogens is 400 g/mol. The van der Waals surface area contributed by atoms with Crippen LogP contribution in [0.1, 0.15) is 73.1 Å². The number of Topliss-reactive ketones (excluding diaryl/α,β-unsaturated/α-hetero) is 1. The molecule has 0 radical (unpaired) electrons. The second kappa shape index (κ2) is 7.11. The van der Waals surface area contributed by atoms with E-state index in [0.717, 1.165) is 41.7 Å². The number of rotatable bonds is 3. The topological polar surface area (TPSA) is 64.1 Å². The molecule has 162 valence electrons. The van der Waals surface area contributed by atoms with Gasteiger partial charge >= 0.3 is 0 Å². The van der Waals surface area contributed by atoms with Crippen molar-refractivity contribution in [1.29, 1.82) is 0 Å². The Hall–Kier alpha value is -2.83. The zero-order valence-corrected chi connectivity index (χ0v) is 17.7. The maximum absolute atomic E-state index is 13.1. The molecule has 7 heteroatoms. The molecule has 0 unspecified atom stereocenters. The van der Waals surface area contributed by atoms with Crippen molar-refractivity contribution < 1.29 is 18.3 Å². The number of aromatic nitrogens is 2. The number of anilines is 1. The van der Waals surface area contributed by atoms with E-state index in [1.807, 2.05) is 32.0 Å². The monoisotopic (exact) mass is 425 g/mol. The van der Waals surface area contributed by atoms with Crippen molar-refractivity contribution in [2.24, 2.45) is 0 Å². The summed E-state index contributed by atoms with van der Waals surface area (Å²) in [4.78, 5) is 21.5. The molecule has 1 saturated carbocycles. The highest BCUT2D eigenvalue weighted by Crippen LogP contribution is 2.40. The highest BCUT2D eigenvalue weighted by atomic mass is 19.3. The first-order valence-corrected chi connectivity index (χ1v) is 10.8. The second-order valence-electron chi connectivity index (χ2n) is 9.34. The van der Waals surface area contributed by atoms with Crippen molar-refractivity contribution in [1.82, 2.24) is 9.97 Å². The molecule has 1 aromatic heterocycles. The number of aryl methyl sites for hydroxylation is 1. The minimum absolute atomic E-state index is 0.0914. The number of carbonyl (C=O) groups excluding carboxylic acids is 1. The summed E-state index contributed by atoms with van der Waals surface area (Å²) in [7, 11) is 0. The van der Waals surface area contributed by atoms with Gasteiger partial charge in [-0.2, -0.15) is 0 Å². The van der Waals surface area contributed by atoms with Crippen LogP contribution in [-0.2, 0) is 6.42 Å². The van der Waals surface area contributed by atoms with Gasteiger partial charge in [0.15, 0.2) is 5.78 Å². The summed E-state index contributed by atoms with van der Waals surface area (Å²) >= 11 is 0. The number of halogens is 2. The molecule has 1 N–H and O–H groups in total. The van der Waals surface area contributed by atoms with Gasteiger partial charge in [0.25, 0.3) is 5.92 Å². The number of hydrogen-bond donors (Lipinski definition) is 1. The Morgan fingerprint density at radius 2 is 2.00 bits per heavy atom. The highest BCUT2D eigenvalue weighted by molar-refractivity contribution is 6.01. The molecule has 2 aliphatic carbocycles. The molecule has 5 rings (SSSR count). The van der Waals surface area contributed by atoms with Crippen LogP contribution in [-0.4, -0.2) is 33.3 Å². The normalized spacial score (nSPS) is 21.7. The molecule has 3 aliphatic rings. The summed E-state index contributed by atoms with van der Waals surface area (Å²) in [6.07, 6.45) is 6.58. The molecule has 1 fully saturated rings. The van der Waals surface area contributed by atoms with Gasteiger partial charge in [0, 0.05) is 30.6 Å². The number of benzene rings is 1. The van der Waals surface area contributed by atoms with E-state index >= 15 is 0 Å². The zero-order valence-electron chi connectivity index (χ0n) is 17.7. The first-order valence-electron chi connectivity index (χ1n) is 10.8. The molecule has 2 heterocycles. The number of nitrogens with one attached hydrogen (secondary N) is 1. The number of nitrogens with zero attached hydrogens (tertiary/aromatic N) is 2. The van der Waals surface area contributed by atoms with E-state index in [2.05, 4.69) is 21.4 Å². The first-order chi connectivity index (χ1) is 14.7. The number of ether oxygens (including phenoxy) is 1. The van der Waals surface area contributed by atoms with E-state index in [4.69, 9.17) is 4.74 Å². The lowest BCUT2D eigenvalue weighted by Gasteiger charge is -2.35. The third-order valence-electron chi connectivity index (χ3n) is 6.11. The smallest absolute Gasteiger partial charge is 0.252 e. The summed E-state index contributed by atoms with van der Waals surface area (Å²) in [5.74, 6) is -1.48. The first kappa shape index (κ1) is 20.1. The van der Waals surface area contributed by atoms with E-state index < -0.39 is 11.5 Å². The van der Waals surface area contributed by atoms with E-state index in [0.29, 0.717) is 23.7 Å². The van der Waals surface area contributed by atoms with Gasteiger partial charge in [-0.1, -0.05) is 12.1 Å². The lowest BCUT2D eigenvalue weighted by Crippen LogP contribution is -2.44. The van der Waals surface area contributed by atoms with Crippen LogP contribution in [0.3, 0.4) is 0 Å². The summed E-state index contributed by atoms with van der Waals surface area (Å²) in [5, 5.41) is 3.03. The second-order valence-corrected chi connectivity index (χ2v) is 9.34. The van der Waals surface area contributed by atoms with Crippen LogP contribution in [0, 0.1) is 0 Å². The van der Waals surface area contributed by atoms with Crippen molar-refractivity contribution >= 4 is 17.3 Å². The Bertz CT molecular complexity index is 1090. The van der Waals surface area contributed by atoms with Crippen LogP contribution < -0.4 is 10.1 Å². The molecule has 5 nitrogen and oxygen atoms in total. The zero-order chi connectivity index (χ0) is 21.8. The average Bonchev–Trinajstić information content (AvgIpc) is 2.87. The van der Waals surface area contributed by atoms with Crippen LogP contribution in [0.4, 0.5) is 14.7 Å². The van der Waals surface area contributed by atoms with Crippen LogP contribution in [0.25, 0.3) is 5.57 Å². The van der Waals surface area contributed by atoms with Crippen molar-refractivity contribution in [3.63, 3.8) is 0 Å². The van der Waals surface area contributed by atoms with Crippen LogP contribution in [0.2, 0.25) is 0 Å². The third kappa shape index (κ3) is 3.93. The summed E-state index contributed by atoms with van der Waals surface area (Å²) < 4.78 is 32.3. The number of allylic oxidation sites excluding steroid dienone is 1. The SMILES string of the molecule is CC1(C)CC(=O)c2ccc(C3=CCCCc4nc(NC5CC(F)(F)C5)ncc43)cc2O1. The lowest BCUT2D eigenvalue weighted by atomic mass is 9.88. The predicted octanol–water partition coefficient (Wildman–Crippen LogP) is 5.20. The molecule has 31 heavy (non-hydrogen) atoms. The van der Waals surface area contributed by atoms with E-state index in [1.54, 1.807) is 6.20 Å². The quantitative estimate of drug-likeness (QED) is 0.733. The molecular formula is C24H25F2N3O2. The minimum atomic E-state index is -2.58. The summed E-state index contributed by atoms with van der Waals surface area (Å²) in [6, 6.07) is 5.42. The third-order valence-corrected chi connectivity index (χ3v) is 6.11. The molecule has 0 bridgehead atoms. The molecule has 1 aromatic carbocycles. The van der Waals surface area contributed by atoms with Gasteiger partial charge in [-0.05, 0) is 56.4 Å². The summed E-state index contributed by atoms with van der Waals surface area (Å²) in [5.41, 5.74) is 3.89. The molecule has 0 amide bonds. The van der Waals surface area contributed by atoms with Crippen molar-refractivity contribution in [3.8, 4) is 5.75 Å². The predicted molar refractivity (Wildman–Crippen MR) is 114 cm³/mol. The van der Waals surface area contributed by atoms with Crippen LogP contribution >= 0.6 is 0 Å². The summed E-state index contributed by atoms with van der Waals surface area (Å²) in [6.45, 7) is 3.84. The molecule has 0 saturated heterocycles. The fraction of sp³-hybridized carbons (Fsp3) is 0.458. The van der Waals surface area contributed by atoms with Gasteiger partial charge in [0.1, 0.15) is 11.4 Å². The van der Waals surface area contributed by atoms with E-state index in [-0.39, 0.29) is 24.7 Å². The van der Waals surface area contributed by atoms with Gasteiger partial charge < -0.3 is 10.1 Å². The minimum Gasteiger partial charge on any atom is -0.487 e. The fourth-order valence-corrected chi connectivity index (χ4v) is 4.57. The average molecular weight is 425 g/mol. The maximum Gasteiger partial charge on any atom is 0.252 e. The maximum atomic E-state index is 13.1. The number of ketones is 1. The molecule has 0 spiro atoms. The number of fused-ring (bicyclic) bond motifs is 2. The Morgan fingerprint density at radius 3 is 2.77 bits per heavy atom. The fourth-order valence-electron chi connectivity index (χ4n) is 4.57. The van der Waals surface area contributed by atoms with Crippen LogP contribution in [0.5, 0.6) is 5.75 Å². The van der Waals surface area contributed by atoms with Gasteiger partial charge in [-0.25, -0.2) is 18.7 Å². The van der Waals surface area contributed by atoms with Gasteiger partial charge in [-0.3, -0.25) is 4.79 Å².